The van der Waals surface area contributed by atoms with E-state index in [-0.39, 0.29) is 11.4 Å². The molecule has 0 unspecified atom stereocenters. The highest BCUT2D eigenvalue weighted by Gasteiger charge is 2.23. The summed E-state index contributed by atoms with van der Waals surface area (Å²) in [5.74, 6) is 1.19. The number of hydrogen-bond acceptors (Lipinski definition) is 6. The van der Waals surface area contributed by atoms with Crippen LogP contribution in [-0.2, 0) is 0 Å². The number of methoxy groups -OCH3 is 2. The standard InChI is InChI=1S/C14H15NO5/c1-4-20-14-11(12(16)13(14)17)15-9-7-8(18-2)5-6-10(9)19-3/h5-7,15H,4H2,1-3H3. The van der Waals surface area contributed by atoms with E-state index in [2.05, 4.69) is 5.32 Å². The Morgan fingerprint density at radius 2 is 1.85 bits per heavy atom. The van der Waals surface area contributed by atoms with Crippen LogP contribution >= 0.6 is 0 Å². The second-order valence-corrected chi connectivity index (χ2v) is 3.99. The number of hydrogen-bond donors (Lipinski definition) is 1. The quantitative estimate of drug-likeness (QED) is 0.805. The van der Waals surface area contributed by atoms with Gasteiger partial charge in [-0.2, -0.15) is 0 Å². The largest absolute Gasteiger partial charge is 0.497 e. The summed E-state index contributed by atoms with van der Waals surface area (Å²) in [7, 11) is 3.05. The van der Waals surface area contributed by atoms with E-state index in [9.17, 15) is 9.59 Å². The summed E-state index contributed by atoms with van der Waals surface area (Å²) < 4.78 is 15.5. The van der Waals surface area contributed by atoms with Gasteiger partial charge < -0.3 is 19.5 Å². The van der Waals surface area contributed by atoms with Crippen molar-refractivity contribution in [3.05, 3.63) is 38.6 Å². The summed E-state index contributed by atoms with van der Waals surface area (Å²) in [4.78, 5) is 23.0. The zero-order valence-electron chi connectivity index (χ0n) is 11.5. The highest BCUT2D eigenvalue weighted by molar-refractivity contribution is 5.74. The zero-order valence-corrected chi connectivity index (χ0v) is 11.5. The van der Waals surface area contributed by atoms with E-state index in [4.69, 9.17) is 14.2 Å². The van der Waals surface area contributed by atoms with Gasteiger partial charge in [-0.1, -0.05) is 0 Å². The summed E-state index contributed by atoms with van der Waals surface area (Å²) >= 11 is 0. The van der Waals surface area contributed by atoms with Crippen molar-refractivity contribution in [2.24, 2.45) is 0 Å². The van der Waals surface area contributed by atoms with Gasteiger partial charge in [-0.15, -0.1) is 0 Å². The normalized spacial score (nSPS) is 10.3. The molecule has 0 amide bonds. The lowest BCUT2D eigenvalue weighted by atomic mass is 10.2. The second-order valence-electron chi connectivity index (χ2n) is 3.99. The average Bonchev–Trinajstić information content (AvgIpc) is 2.50. The fraction of sp³-hybridized carbons (Fsp3) is 0.286. The molecule has 0 bridgehead atoms. The van der Waals surface area contributed by atoms with Gasteiger partial charge in [0.05, 0.1) is 26.5 Å². The number of nitrogens with one attached hydrogen (secondary N) is 1. The lowest BCUT2D eigenvalue weighted by Crippen LogP contribution is -2.35. The van der Waals surface area contributed by atoms with Crippen molar-refractivity contribution < 1.29 is 14.2 Å². The molecule has 0 fully saturated rings. The molecule has 0 aliphatic heterocycles. The molecule has 0 aliphatic rings. The lowest BCUT2D eigenvalue weighted by molar-refractivity contribution is 0.335. The van der Waals surface area contributed by atoms with E-state index in [1.165, 1.54) is 14.2 Å². The SMILES string of the molecule is CCOc1c(Nc2cc(OC)ccc2OC)c(=O)c1=O. The molecular weight excluding hydrogens is 262 g/mol. The Morgan fingerprint density at radius 3 is 2.45 bits per heavy atom. The Labute approximate surface area is 115 Å². The van der Waals surface area contributed by atoms with E-state index in [0.717, 1.165) is 0 Å². The van der Waals surface area contributed by atoms with Crippen molar-refractivity contribution in [2.75, 3.05) is 26.1 Å². The van der Waals surface area contributed by atoms with Crippen molar-refractivity contribution in [1.29, 1.82) is 0 Å². The molecule has 106 valence electrons. The minimum Gasteiger partial charge on any atom is -0.497 e. The third-order valence-corrected chi connectivity index (χ3v) is 2.82. The molecule has 2 aromatic carbocycles. The zero-order chi connectivity index (χ0) is 14.7. The van der Waals surface area contributed by atoms with Gasteiger partial charge in [0.2, 0.25) is 0 Å². The Hall–Kier alpha value is -2.50. The predicted molar refractivity (Wildman–Crippen MR) is 75.4 cm³/mol. The van der Waals surface area contributed by atoms with Crippen LogP contribution in [0, 0.1) is 0 Å². The summed E-state index contributed by atoms with van der Waals surface area (Å²) in [5, 5.41) is 2.87. The Kier molecular flexibility index (Phi) is 3.93. The predicted octanol–water partition coefficient (Wildman–Crippen LogP) is 1.44. The number of anilines is 2. The number of ether oxygens (including phenoxy) is 3. The first-order chi connectivity index (χ1) is 9.62. The lowest BCUT2D eigenvalue weighted by Gasteiger charge is -2.16. The molecule has 0 heterocycles. The van der Waals surface area contributed by atoms with Gasteiger partial charge in [0, 0.05) is 6.07 Å². The molecule has 0 aliphatic carbocycles. The molecule has 6 nitrogen and oxygen atoms in total. The fourth-order valence-electron chi connectivity index (χ4n) is 1.81. The van der Waals surface area contributed by atoms with E-state index < -0.39 is 10.9 Å². The van der Waals surface area contributed by atoms with Crippen molar-refractivity contribution >= 4 is 11.4 Å². The van der Waals surface area contributed by atoms with Gasteiger partial charge in [0.25, 0.3) is 10.9 Å². The molecule has 2 rings (SSSR count). The van der Waals surface area contributed by atoms with Gasteiger partial charge in [-0.05, 0) is 19.1 Å². The molecule has 0 saturated heterocycles. The minimum absolute atomic E-state index is 0.0578. The third kappa shape index (κ3) is 2.32. The monoisotopic (exact) mass is 277 g/mol. The first kappa shape index (κ1) is 13.9. The fourth-order valence-corrected chi connectivity index (χ4v) is 1.81. The van der Waals surface area contributed by atoms with Gasteiger partial charge in [-0.3, -0.25) is 9.59 Å². The maximum Gasteiger partial charge on any atom is 0.272 e. The van der Waals surface area contributed by atoms with Crippen LogP contribution < -0.4 is 30.4 Å². The van der Waals surface area contributed by atoms with Crippen LogP contribution in [0.4, 0.5) is 11.4 Å². The van der Waals surface area contributed by atoms with E-state index in [1.807, 2.05) is 0 Å². The Balaban J connectivity index is 2.37. The van der Waals surface area contributed by atoms with Gasteiger partial charge >= 0.3 is 0 Å². The molecule has 6 heteroatoms. The summed E-state index contributed by atoms with van der Waals surface area (Å²) in [5.41, 5.74) is -0.544. The summed E-state index contributed by atoms with van der Waals surface area (Å²) in [6.07, 6.45) is 0. The molecule has 2 aromatic rings. The first-order valence-corrected chi connectivity index (χ1v) is 6.07. The van der Waals surface area contributed by atoms with Gasteiger partial charge in [0.15, 0.2) is 5.75 Å². The molecule has 0 spiro atoms. The van der Waals surface area contributed by atoms with Crippen LogP contribution in [0.2, 0.25) is 0 Å². The van der Waals surface area contributed by atoms with Crippen LogP contribution in [-0.4, -0.2) is 20.8 Å². The molecule has 0 aromatic heterocycles. The maximum atomic E-state index is 11.6. The van der Waals surface area contributed by atoms with Crippen LogP contribution in [0.25, 0.3) is 0 Å². The molecule has 0 radical (unpaired) electrons. The third-order valence-electron chi connectivity index (χ3n) is 2.82. The van der Waals surface area contributed by atoms with E-state index in [1.54, 1.807) is 25.1 Å². The highest BCUT2D eigenvalue weighted by atomic mass is 16.5. The second kappa shape index (κ2) is 5.64. The number of benzene rings is 1. The van der Waals surface area contributed by atoms with Crippen molar-refractivity contribution in [3.8, 4) is 17.2 Å². The molecular formula is C14H15NO5. The van der Waals surface area contributed by atoms with Crippen molar-refractivity contribution in [1.82, 2.24) is 0 Å². The van der Waals surface area contributed by atoms with Crippen LogP contribution in [0.5, 0.6) is 17.2 Å². The van der Waals surface area contributed by atoms with Gasteiger partial charge in [0.1, 0.15) is 17.2 Å². The smallest absolute Gasteiger partial charge is 0.272 e. The van der Waals surface area contributed by atoms with Crippen molar-refractivity contribution in [3.63, 3.8) is 0 Å². The molecule has 0 saturated carbocycles. The van der Waals surface area contributed by atoms with E-state index >= 15 is 0 Å². The number of rotatable bonds is 6. The summed E-state index contributed by atoms with van der Waals surface area (Å²) in [6, 6.07) is 5.11. The molecule has 1 N–H and O–H groups in total. The first-order valence-electron chi connectivity index (χ1n) is 6.07. The summed E-state index contributed by atoms with van der Waals surface area (Å²) in [6.45, 7) is 2.06. The Morgan fingerprint density at radius 1 is 1.10 bits per heavy atom. The average molecular weight is 277 g/mol. The van der Waals surface area contributed by atoms with Crippen LogP contribution in [0.1, 0.15) is 6.92 Å². The van der Waals surface area contributed by atoms with Gasteiger partial charge in [-0.25, -0.2) is 0 Å². The topological polar surface area (TPSA) is 73.9 Å². The van der Waals surface area contributed by atoms with Crippen LogP contribution in [0.15, 0.2) is 27.8 Å². The van der Waals surface area contributed by atoms with Crippen LogP contribution in [0.3, 0.4) is 0 Å². The minimum atomic E-state index is -0.615. The Bertz CT molecular complexity index is 685. The molecule has 0 atom stereocenters. The maximum absolute atomic E-state index is 11.6. The molecule has 20 heavy (non-hydrogen) atoms. The van der Waals surface area contributed by atoms with E-state index in [0.29, 0.717) is 23.8 Å². The van der Waals surface area contributed by atoms with Crippen molar-refractivity contribution in [2.45, 2.75) is 6.92 Å². The highest BCUT2D eigenvalue weighted by Crippen LogP contribution is 2.33.